The van der Waals surface area contributed by atoms with E-state index in [2.05, 4.69) is 16.3 Å². The first kappa shape index (κ1) is 21.6. The highest BCUT2D eigenvalue weighted by atomic mass is 19.1. The van der Waals surface area contributed by atoms with Crippen molar-refractivity contribution < 1.29 is 8.81 Å². The summed E-state index contributed by atoms with van der Waals surface area (Å²) in [6.07, 6.45) is 3.80. The number of aromatic nitrogens is 5. The quantitative estimate of drug-likeness (QED) is 0.356. The van der Waals surface area contributed by atoms with E-state index in [1.165, 1.54) is 12.1 Å². The highest BCUT2D eigenvalue weighted by molar-refractivity contribution is 5.84. The molecule has 0 radical (unpaired) electrons. The van der Waals surface area contributed by atoms with E-state index in [0.717, 1.165) is 51.9 Å². The number of nitrogens with zero attached hydrogens (tertiary/aromatic N) is 5. The Hall–Kier alpha value is -3.91. The maximum absolute atomic E-state index is 14.3. The van der Waals surface area contributed by atoms with Gasteiger partial charge in [0.15, 0.2) is 11.4 Å². The van der Waals surface area contributed by atoms with Gasteiger partial charge in [0.2, 0.25) is 5.89 Å². The molecular formula is C27H25FN6O. The average Bonchev–Trinajstić information content (AvgIpc) is 3.45. The molecule has 0 spiro atoms. The maximum atomic E-state index is 14.3. The van der Waals surface area contributed by atoms with Crippen LogP contribution in [0.2, 0.25) is 0 Å². The molecule has 0 amide bonds. The van der Waals surface area contributed by atoms with Crippen molar-refractivity contribution in [3.63, 3.8) is 0 Å². The first-order valence-electron chi connectivity index (χ1n) is 11.7. The molecule has 1 aliphatic rings. The van der Waals surface area contributed by atoms with Crippen LogP contribution < -0.4 is 5.73 Å². The molecule has 0 saturated heterocycles. The summed E-state index contributed by atoms with van der Waals surface area (Å²) in [6, 6.07) is 12.7. The minimum Gasteiger partial charge on any atom is -0.434 e. The fourth-order valence-electron chi connectivity index (χ4n) is 4.49. The standard InChI is InChI=1S/C27H25FN6O/c1-14-8-17(15(2)29)9-23-25(14)35-27(32-23)24-11-18(10-22(31-24)16-4-5-16)20-7-6-19(28)12-21(20)26-33-30-13-34(26)3/h6-13,15-16H,4-5,29H2,1-3H3. The van der Waals surface area contributed by atoms with Crippen molar-refractivity contribution in [1.29, 1.82) is 0 Å². The highest BCUT2D eigenvalue weighted by Crippen LogP contribution is 2.42. The molecule has 3 aromatic heterocycles. The van der Waals surface area contributed by atoms with E-state index in [1.54, 1.807) is 17.0 Å². The Bertz CT molecular complexity index is 1580. The van der Waals surface area contributed by atoms with Crippen LogP contribution in [0.1, 0.15) is 48.5 Å². The summed E-state index contributed by atoms with van der Waals surface area (Å²) in [6.45, 7) is 3.94. The largest absolute Gasteiger partial charge is 0.434 e. The van der Waals surface area contributed by atoms with E-state index in [1.807, 2.05) is 39.1 Å². The molecule has 2 N–H and O–H groups in total. The second kappa shape index (κ2) is 8.09. The van der Waals surface area contributed by atoms with E-state index < -0.39 is 0 Å². The minimum atomic E-state index is -0.331. The van der Waals surface area contributed by atoms with Gasteiger partial charge in [-0.15, -0.1) is 10.2 Å². The molecule has 1 unspecified atom stereocenters. The van der Waals surface area contributed by atoms with Crippen molar-refractivity contribution in [2.45, 2.75) is 38.6 Å². The number of hydrogen-bond acceptors (Lipinski definition) is 6. The van der Waals surface area contributed by atoms with Crippen LogP contribution in [0.25, 0.3) is 45.2 Å². The maximum Gasteiger partial charge on any atom is 0.246 e. The molecular weight excluding hydrogens is 443 g/mol. The third-order valence-corrected chi connectivity index (χ3v) is 6.53. The summed E-state index contributed by atoms with van der Waals surface area (Å²) in [7, 11) is 1.84. The molecule has 7 nitrogen and oxygen atoms in total. The van der Waals surface area contributed by atoms with Crippen molar-refractivity contribution in [2.75, 3.05) is 0 Å². The van der Waals surface area contributed by atoms with Gasteiger partial charge in [0.1, 0.15) is 23.4 Å². The zero-order valence-corrected chi connectivity index (χ0v) is 19.8. The summed E-state index contributed by atoms with van der Waals surface area (Å²) in [5.74, 6) is 1.12. The highest BCUT2D eigenvalue weighted by Gasteiger charge is 2.27. The Morgan fingerprint density at radius 1 is 1.09 bits per heavy atom. The number of aryl methyl sites for hydroxylation is 2. The van der Waals surface area contributed by atoms with E-state index >= 15 is 0 Å². The second-order valence-electron chi connectivity index (χ2n) is 9.39. The molecule has 3 heterocycles. The first-order chi connectivity index (χ1) is 16.9. The first-order valence-corrected chi connectivity index (χ1v) is 11.7. The van der Waals surface area contributed by atoms with Crippen LogP contribution in [0.5, 0.6) is 0 Å². The van der Waals surface area contributed by atoms with Gasteiger partial charge in [-0.3, -0.25) is 0 Å². The molecule has 35 heavy (non-hydrogen) atoms. The predicted octanol–water partition coefficient (Wildman–Crippen LogP) is 5.70. The fraction of sp³-hybridized carbons (Fsp3) is 0.259. The second-order valence-corrected chi connectivity index (χ2v) is 9.39. The van der Waals surface area contributed by atoms with Crippen molar-refractivity contribution in [3.8, 4) is 34.1 Å². The smallest absolute Gasteiger partial charge is 0.246 e. The molecule has 0 aliphatic heterocycles. The number of pyridine rings is 1. The van der Waals surface area contributed by atoms with Crippen molar-refractivity contribution >= 4 is 11.1 Å². The van der Waals surface area contributed by atoms with Gasteiger partial charge in [-0.05, 0) is 79.3 Å². The van der Waals surface area contributed by atoms with E-state index in [0.29, 0.717) is 28.9 Å². The number of nitrogens with two attached hydrogens (primary N) is 1. The van der Waals surface area contributed by atoms with Crippen LogP contribution in [-0.2, 0) is 7.05 Å². The van der Waals surface area contributed by atoms with Crippen molar-refractivity contribution in [3.05, 3.63) is 71.4 Å². The number of rotatable bonds is 5. The lowest BCUT2D eigenvalue weighted by Crippen LogP contribution is -2.04. The Morgan fingerprint density at radius 3 is 2.63 bits per heavy atom. The molecule has 1 atom stereocenters. The summed E-state index contributed by atoms with van der Waals surface area (Å²) in [5.41, 5.74) is 13.6. The third-order valence-electron chi connectivity index (χ3n) is 6.53. The van der Waals surface area contributed by atoms with Crippen LogP contribution in [0.15, 0.2) is 53.2 Å². The zero-order valence-electron chi connectivity index (χ0n) is 19.8. The van der Waals surface area contributed by atoms with Gasteiger partial charge in [-0.25, -0.2) is 14.4 Å². The molecule has 1 aliphatic carbocycles. The van der Waals surface area contributed by atoms with E-state index in [-0.39, 0.29) is 11.9 Å². The molecule has 6 rings (SSSR count). The Labute approximate surface area is 201 Å². The molecule has 176 valence electrons. The van der Waals surface area contributed by atoms with Gasteiger partial charge < -0.3 is 14.7 Å². The lowest BCUT2D eigenvalue weighted by molar-refractivity contribution is 0.613. The van der Waals surface area contributed by atoms with Crippen LogP contribution in [-0.4, -0.2) is 24.7 Å². The Morgan fingerprint density at radius 2 is 1.91 bits per heavy atom. The van der Waals surface area contributed by atoms with Gasteiger partial charge in [-0.2, -0.15) is 0 Å². The van der Waals surface area contributed by atoms with Crippen LogP contribution in [0, 0.1) is 12.7 Å². The number of fused-ring (bicyclic) bond motifs is 1. The van der Waals surface area contributed by atoms with Crippen LogP contribution in [0.4, 0.5) is 4.39 Å². The monoisotopic (exact) mass is 468 g/mol. The predicted molar refractivity (Wildman–Crippen MR) is 132 cm³/mol. The lowest BCUT2D eigenvalue weighted by Gasteiger charge is -2.12. The molecule has 5 aromatic rings. The lowest BCUT2D eigenvalue weighted by atomic mass is 9.97. The topological polar surface area (TPSA) is 95.7 Å². The van der Waals surface area contributed by atoms with Gasteiger partial charge in [0.25, 0.3) is 0 Å². The summed E-state index contributed by atoms with van der Waals surface area (Å²) in [4.78, 5) is 9.68. The van der Waals surface area contributed by atoms with E-state index in [9.17, 15) is 4.39 Å². The number of halogens is 1. The molecule has 8 heteroatoms. The van der Waals surface area contributed by atoms with Gasteiger partial charge >= 0.3 is 0 Å². The zero-order chi connectivity index (χ0) is 24.3. The Balaban J connectivity index is 1.54. The average molecular weight is 469 g/mol. The summed E-state index contributed by atoms with van der Waals surface area (Å²) >= 11 is 0. The van der Waals surface area contributed by atoms with Crippen LogP contribution >= 0.6 is 0 Å². The van der Waals surface area contributed by atoms with E-state index in [4.69, 9.17) is 20.1 Å². The Kier molecular flexibility index (Phi) is 5.00. The van der Waals surface area contributed by atoms with Crippen LogP contribution in [0.3, 0.4) is 0 Å². The van der Waals surface area contributed by atoms with Gasteiger partial charge in [0.05, 0.1) is 0 Å². The molecule has 0 bridgehead atoms. The van der Waals surface area contributed by atoms with Gasteiger partial charge in [-0.1, -0.05) is 12.1 Å². The summed E-state index contributed by atoms with van der Waals surface area (Å²) < 4.78 is 22.3. The van der Waals surface area contributed by atoms with Crippen molar-refractivity contribution in [2.24, 2.45) is 12.8 Å². The third kappa shape index (κ3) is 3.89. The SMILES string of the molecule is Cc1cc(C(C)N)cc2nc(-c3cc(-c4ccc(F)cc4-c4nncn4C)cc(C4CC4)n3)oc12. The van der Waals surface area contributed by atoms with Crippen molar-refractivity contribution in [1.82, 2.24) is 24.7 Å². The molecule has 1 saturated carbocycles. The molecule has 1 fully saturated rings. The molecule has 2 aromatic carbocycles. The normalized spacial score (nSPS) is 14.5. The number of hydrogen-bond donors (Lipinski definition) is 1. The summed E-state index contributed by atoms with van der Waals surface area (Å²) in [5, 5.41) is 8.19. The van der Waals surface area contributed by atoms with Gasteiger partial charge in [0, 0.05) is 30.3 Å². The number of benzene rings is 2. The number of oxazole rings is 1. The fourth-order valence-corrected chi connectivity index (χ4v) is 4.49. The minimum absolute atomic E-state index is 0.0984.